The molecule has 1 heterocycles. The SMILES string of the molecule is COc1ccc(C)cc1Nc1nc(NN)ccc1[N+](=O)[O-]. The fourth-order valence-electron chi connectivity index (χ4n) is 1.82. The zero-order valence-electron chi connectivity index (χ0n) is 11.6. The van der Waals surface area contributed by atoms with E-state index in [2.05, 4.69) is 15.7 Å². The number of nitrogens with two attached hydrogens (primary N) is 1. The maximum Gasteiger partial charge on any atom is 0.311 e. The van der Waals surface area contributed by atoms with Crippen molar-refractivity contribution in [3.63, 3.8) is 0 Å². The average molecular weight is 289 g/mol. The van der Waals surface area contributed by atoms with E-state index < -0.39 is 4.92 Å². The van der Waals surface area contributed by atoms with Crippen LogP contribution in [0.15, 0.2) is 30.3 Å². The summed E-state index contributed by atoms with van der Waals surface area (Å²) in [6.07, 6.45) is 0. The topological polar surface area (TPSA) is 115 Å². The van der Waals surface area contributed by atoms with Crippen LogP contribution < -0.4 is 21.3 Å². The molecule has 0 bridgehead atoms. The van der Waals surface area contributed by atoms with Crippen molar-refractivity contribution >= 4 is 23.0 Å². The lowest BCUT2D eigenvalue weighted by atomic mass is 10.2. The van der Waals surface area contributed by atoms with Gasteiger partial charge in [-0.1, -0.05) is 6.07 Å². The Bertz CT molecular complexity index is 675. The van der Waals surface area contributed by atoms with E-state index in [0.29, 0.717) is 17.3 Å². The van der Waals surface area contributed by atoms with Gasteiger partial charge in [0, 0.05) is 6.07 Å². The molecule has 8 nitrogen and oxygen atoms in total. The molecule has 110 valence electrons. The van der Waals surface area contributed by atoms with E-state index in [4.69, 9.17) is 10.6 Å². The van der Waals surface area contributed by atoms with E-state index >= 15 is 0 Å². The number of hydrogen-bond acceptors (Lipinski definition) is 7. The molecule has 0 spiro atoms. The molecule has 0 amide bonds. The first-order chi connectivity index (χ1) is 10.0. The molecule has 0 saturated heterocycles. The van der Waals surface area contributed by atoms with Gasteiger partial charge in [0.2, 0.25) is 5.82 Å². The lowest BCUT2D eigenvalue weighted by Gasteiger charge is -2.12. The second kappa shape index (κ2) is 6.06. The highest BCUT2D eigenvalue weighted by molar-refractivity contribution is 5.71. The summed E-state index contributed by atoms with van der Waals surface area (Å²) in [4.78, 5) is 14.6. The molecule has 1 aromatic carbocycles. The third-order valence-corrected chi connectivity index (χ3v) is 2.83. The third-order valence-electron chi connectivity index (χ3n) is 2.83. The van der Waals surface area contributed by atoms with Crippen LogP contribution in [-0.2, 0) is 0 Å². The van der Waals surface area contributed by atoms with Crippen molar-refractivity contribution in [2.45, 2.75) is 6.92 Å². The molecule has 0 atom stereocenters. The molecule has 8 heteroatoms. The molecule has 0 radical (unpaired) electrons. The number of methoxy groups -OCH3 is 1. The fourth-order valence-corrected chi connectivity index (χ4v) is 1.82. The number of pyridine rings is 1. The number of aromatic nitrogens is 1. The number of nitrogen functional groups attached to an aromatic ring is 1. The van der Waals surface area contributed by atoms with Gasteiger partial charge in [0.05, 0.1) is 17.7 Å². The van der Waals surface area contributed by atoms with Gasteiger partial charge < -0.3 is 15.5 Å². The van der Waals surface area contributed by atoms with Crippen molar-refractivity contribution in [3.05, 3.63) is 46.0 Å². The largest absolute Gasteiger partial charge is 0.495 e. The predicted octanol–water partition coefficient (Wildman–Crippen LogP) is 2.34. The lowest BCUT2D eigenvalue weighted by molar-refractivity contribution is -0.384. The number of hydrogen-bond donors (Lipinski definition) is 3. The average Bonchev–Trinajstić information content (AvgIpc) is 2.47. The molecule has 1 aromatic heterocycles. The summed E-state index contributed by atoms with van der Waals surface area (Å²) in [5, 5.41) is 14.0. The van der Waals surface area contributed by atoms with Gasteiger partial charge in [0.15, 0.2) is 0 Å². The van der Waals surface area contributed by atoms with Crippen LogP contribution in [0, 0.1) is 17.0 Å². The molecular formula is C13H15N5O3. The van der Waals surface area contributed by atoms with E-state index in [1.807, 2.05) is 19.1 Å². The molecule has 0 fully saturated rings. The molecule has 2 rings (SSSR count). The second-order valence-electron chi connectivity index (χ2n) is 4.29. The number of hydrazine groups is 1. The van der Waals surface area contributed by atoms with Gasteiger partial charge in [-0.2, -0.15) is 0 Å². The van der Waals surface area contributed by atoms with Crippen LogP contribution in [0.25, 0.3) is 0 Å². The fraction of sp³-hybridized carbons (Fsp3) is 0.154. The Morgan fingerprint density at radius 2 is 2.10 bits per heavy atom. The molecule has 4 N–H and O–H groups in total. The molecule has 0 aliphatic rings. The van der Waals surface area contributed by atoms with Gasteiger partial charge in [0.1, 0.15) is 11.6 Å². The minimum Gasteiger partial charge on any atom is -0.495 e. The molecular weight excluding hydrogens is 274 g/mol. The maximum atomic E-state index is 11.1. The number of nitrogens with zero attached hydrogens (tertiary/aromatic N) is 2. The van der Waals surface area contributed by atoms with Gasteiger partial charge in [-0.05, 0) is 30.7 Å². The Labute approximate surface area is 121 Å². The summed E-state index contributed by atoms with van der Waals surface area (Å²) in [6.45, 7) is 1.91. The Morgan fingerprint density at radius 1 is 1.33 bits per heavy atom. The number of ether oxygens (including phenoxy) is 1. The standard InChI is InChI=1S/C13H15N5O3/c1-8-3-5-11(21-2)9(7-8)15-13-10(18(19)20)4-6-12(16-13)17-14/h3-7H,14H2,1-2H3,(H2,15,16,17). The number of anilines is 3. The maximum absolute atomic E-state index is 11.1. The highest BCUT2D eigenvalue weighted by Gasteiger charge is 2.17. The van der Waals surface area contributed by atoms with Crippen molar-refractivity contribution in [1.82, 2.24) is 4.98 Å². The van der Waals surface area contributed by atoms with E-state index in [0.717, 1.165) is 5.56 Å². The Hall–Kier alpha value is -2.87. The third kappa shape index (κ3) is 3.18. The van der Waals surface area contributed by atoms with Gasteiger partial charge in [-0.15, -0.1) is 0 Å². The number of benzene rings is 1. The van der Waals surface area contributed by atoms with Crippen LogP contribution in [0.3, 0.4) is 0 Å². The summed E-state index contributed by atoms with van der Waals surface area (Å²) in [7, 11) is 1.52. The number of nitro groups is 1. The molecule has 0 aliphatic heterocycles. The first-order valence-electron chi connectivity index (χ1n) is 6.09. The minimum atomic E-state index is -0.516. The lowest BCUT2D eigenvalue weighted by Crippen LogP contribution is -2.10. The van der Waals surface area contributed by atoms with Crippen LogP contribution in [0.5, 0.6) is 5.75 Å². The van der Waals surface area contributed by atoms with Gasteiger partial charge in [0.25, 0.3) is 0 Å². The van der Waals surface area contributed by atoms with Crippen molar-refractivity contribution in [2.75, 3.05) is 17.9 Å². The number of rotatable bonds is 5. The van der Waals surface area contributed by atoms with Crippen LogP contribution in [0.1, 0.15) is 5.56 Å². The predicted molar refractivity (Wildman–Crippen MR) is 79.7 cm³/mol. The van der Waals surface area contributed by atoms with E-state index in [1.54, 1.807) is 6.07 Å². The second-order valence-corrected chi connectivity index (χ2v) is 4.29. The molecule has 0 saturated carbocycles. The summed E-state index contributed by atoms with van der Waals surface area (Å²) in [5.41, 5.74) is 3.77. The van der Waals surface area contributed by atoms with Crippen molar-refractivity contribution < 1.29 is 9.66 Å². The summed E-state index contributed by atoms with van der Waals surface area (Å²) in [6, 6.07) is 8.22. The van der Waals surface area contributed by atoms with Crippen molar-refractivity contribution in [3.8, 4) is 5.75 Å². The Balaban J connectivity index is 2.47. The van der Waals surface area contributed by atoms with Crippen LogP contribution in [-0.4, -0.2) is 17.0 Å². The molecule has 0 unspecified atom stereocenters. The van der Waals surface area contributed by atoms with Crippen LogP contribution in [0.4, 0.5) is 23.0 Å². The first-order valence-corrected chi connectivity index (χ1v) is 6.09. The minimum absolute atomic E-state index is 0.0827. The van der Waals surface area contributed by atoms with Crippen molar-refractivity contribution in [2.24, 2.45) is 5.84 Å². The highest BCUT2D eigenvalue weighted by atomic mass is 16.6. The van der Waals surface area contributed by atoms with E-state index in [-0.39, 0.29) is 11.5 Å². The zero-order chi connectivity index (χ0) is 15.4. The number of nitrogens with one attached hydrogen (secondary N) is 2. The monoisotopic (exact) mass is 289 g/mol. The summed E-state index contributed by atoms with van der Waals surface area (Å²) < 4.78 is 5.23. The quantitative estimate of drug-likeness (QED) is 0.439. The smallest absolute Gasteiger partial charge is 0.311 e. The van der Waals surface area contributed by atoms with Crippen LogP contribution >= 0.6 is 0 Å². The highest BCUT2D eigenvalue weighted by Crippen LogP contribution is 2.32. The van der Waals surface area contributed by atoms with E-state index in [9.17, 15) is 10.1 Å². The Kier molecular flexibility index (Phi) is 4.19. The normalized spacial score (nSPS) is 10.0. The van der Waals surface area contributed by atoms with Gasteiger partial charge in [-0.3, -0.25) is 10.1 Å². The van der Waals surface area contributed by atoms with Crippen molar-refractivity contribution in [1.29, 1.82) is 0 Å². The number of aryl methyl sites for hydroxylation is 1. The van der Waals surface area contributed by atoms with Crippen LogP contribution in [0.2, 0.25) is 0 Å². The molecule has 2 aromatic rings. The first kappa shape index (κ1) is 14.5. The molecule has 0 aliphatic carbocycles. The molecule has 21 heavy (non-hydrogen) atoms. The zero-order valence-corrected chi connectivity index (χ0v) is 11.6. The summed E-state index contributed by atoms with van der Waals surface area (Å²) in [5.74, 6) is 6.24. The van der Waals surface area contributed by atoms with Gasteiger partial charge >= 0.3 is 5.69 Å². The van der Waals surface area contributed by atoms with E-state index in [1.165, 1.54) is 19.2 Å². The summed E-state index contributed by atoms with van der Waals surface area (Å²) >= 11 is 0. The Morgan fingerprint density at radius 3 is 2.71 bits per heavy atom. The van der Waals surface area contributed by atoms with Gasteiger partial charge in [-0.25, -0.2) is 10.8 Å².